The molecule has 0 unspecified atom stereocenters. The van der Waals surface area contributed by atoms with Crippen LogP contribution in [0.4, 0.5) is 0 Å². The first-order valence-corrected chi connectivity index (χ1v) is 7.51. The maximum Gasteiger partial charge on any atom is 0.191 e. The zero-order valence-corrected chi connectivity index (χ0v) is 15.9. The quantitative estimate of drug-likeness (QED) is 0.403. The highest BCUT2D eigenvalue weighted by Gasteiger charge is 2.04. The SMILES string of the molecule is CCOc1ccccc1CNC(=NC)NCCc1ccco1.I. The molecule has 126 valence electrons. The van der Waals surface area contributed by atoms with Crippen molar-refractivity contribution in [3.05, 3.63) is 54.0 Å². The summed E-state index contributed by atoms with van der Waals surface area (Å²) < 4.78 is 10.9. The lowest BCUT2D eigenvalue weighted by molar-refractivity contribution is 0.336. The molecule has 0 saturated heterocycles. The van der Waals surface area contributed by atoms with Crippen LogP contribution in [0.3, 0.4) is 0 Å². The number of hydrogen-bond donors (Lipinski definition) is 2. The Labute approximate surface area is 154 Å². The zero-order chi connectivity index (χ0) is 15.6. The maximum atomic E-state index is 5.62. The molecule has 0 fully saturated rings. The molecular formula is C17H24IN3O2. The van der Waals surface area contributed by atoms with Gasteiger partial charge in [0, 0.05) is 32.1 Å². The Kier molecular flexibility index (Phi) is 9.20. The van der Waals surface area contributed by atoms with Gasteiger partial charge >= 0.3 is 0 Å². The molecule has 0 spiro atoms. The molecule has 2 rings (SSSR count). The number of nitrogens with one attached hydrogen (secondary N) is 2. The van der Waals surface area contributed by atoms with Gasteiger partial charge in [0.25, 0.3) is 0 Å². The summed E-state index contributed by atoms with van der Waals surface area (Å²) in [4.78, 5) is 4.22. The predicted molar refractivity (Wildman–Crippen MR) is 104 cm³/mol. The Bertz CT molecular complexity index is 585. The molecular weight excluding hydrogens is 405 g/mol. The van der Waals surface area contributed by atoms with Gasteiger partial charge in [-0.3, -0.25) is 4.99 Å². The van der Waals surface area contributed by atoms with Crippen molar-refractivity contribution in [2.75, 3.05) is 20.2 Å². The lowest BCUT2D eigenvalue weighted by atomic mass is 10.2. The fourth-order valence-corrected chi connectivity index (χ4v) is 2.10. The first-order valence-electron chi connectivity index (χ1n) is 7.51. The van der Waals surface area contributed by atoms with Crippen LogP contribution in [0, 0.1) is 0 Å². The van der Waals surface area contributed by atoms with Crippen LogP contribution in [0.2, 0.25) is 0 Å². The van der Waals surface area contributed by atoms with Gasteiger partial charge < -0.3 is 19.8 Å². The van der Waals surface area contributed by atoms with Crippen LogP contribution in [0.5, 0.6) is 5.75 Å². The van der Waals surface area contributed by atoms with Gasteiger partial charge in [0.05, 0.1) is 12.9 Å². The number of rotatable bonds is 7. The van der Waals surface area contributed by atoms with Crippen LogP contribution in [-0.2, 0) is 13.0 Å². The standard InChI is InChI=1S/C17H23N3O2.HI/c1-3-21-16-9-5-4-7-14(16)13-20-17(18-2)19-11-10-15-8-6-12-22-15;/h4-9,12H,3,10-11,13H2,1-2H3,(H2,18,19,20);1H. The molecule has 0 aliphatic rings. The largest absolute Gasteiger partial charge is 0.494 e. The van der Waals surface area contributed by atoms with Crippen molar-refractivity contribution in [2.24, 2.45) is 4.99 Å². The molecule has 0 aliphatic heterocycles. The highest BCUT2D eigenvalue weighted by molar-refractivity contribution is 14.0. The molecule has 5 nitrogen and oxygen atoms in total. The van der Waals surface area contributed by atoms with E-state index in [4.69, 9.17) is 9.15 Å². The Morgan fingerprint density at radius 2 is 2.00 bits per heavy atom. The van der Waals surface area contributed by atoms with E-state index >= 15 is 0 Å². The van der Waals surface area contributed by atoms with Crippen molar-refractivity contribution in [2.45, 2.75) is 19.9 Å². The smallest absolute Gasteiger partial charge is 0.191 e. The van der Waals surface area contributed by atoms with Crippen molar-refractivity contribution >= 4 is 29.9 Å². The minimum atomic E-state index is 0. The molecule has 2 aromatic rings. The molecule has 0 amide bonds. The number of para-hydroxylation sites is 1. The van der Waals surface area contributed by atoms with Gasteiger partial charge in [0.2, 0.25) is 0 Å². The number of nitrogens with zero attached hydrogens (tertiary/aromatic N) is 1. The van der Waals surface area contributed by atoms with E-state index in [1.165, 1.54) is 0 Å². The van der Waals surface area contributed by atoms with Crippen LogP contribution in [0.1, 0.15) is 18.2 Å². The lowest BCUT2D eigenvalue weighted by Crippen LogP contribution is -2.37. The van der Waals surface area contributed by atoms with Crippen molar-refractivity contribution in [1.29, 1.82) is 0 Å². The Balaban J connectivity index is 0.00000264. The second kappa shape index (κ2) is 10.9. The maximum absolute atomic E-state index is 5.62. The zero-order valence-electron chi connectivity index (χ0n) is 13.5. The average Bonchev–Trinajstić information content (AvgIpc) is 3.05. The van der Waals surface area contributed by atoms with Crippen LogP contribution < -0.4 is 15.4 Å². The molecule has 0 atom stereocenters. The van der Waals surface area contributed by atoms with E-state index in [1.807, 2.05) is 43.3 Å². The third kappa shape index (κ3) is 6.52. The summed E-state index contributed by atoms with van der Waals surface area (Å²) in [5.41, 5.74) is 1.11. The summed E-state index contributed by atoms with van der Waals surface area (Å²) in [6, 6.07) is 11.9. The number of guanidine groups is 1. The molecule has 23 heavy (non-hydrogen) atoms. The summed E-state index contributed by atoms with van der Waals surface area (Å²) >= 11 is 0. The molecule has 1 heterocycles. The van der Waals surface area contributed by atoms with E-state index in [2.05, 4.69) is 15.6 Å². The van der Waals surface area contributed by atoms with Gasteiger partial charge in [-0.15, -0.1) is 24.0 Å². The number of hydrogen-bond acceptors (Lipinski definition) is 3. The van der Waals surface area contributed by atoms with E-state index in [0.29, 0.717) is 13.2 Å². The molecule has 2 N–H and O–H groups in total. The van der Waals surface area contributed by atoms with Crippen molar-refractivity contribution in [3.8, 4) is 5.75 Å². The highest BCUT2D eigenvalue weighted by Crippen LogP contribution is 2.17. The Hall–Kier alpha value is -1.70. The molecule has 6 heteroatoms. The van der Waals surface area contributed by atoms with E-state index < -0.39 is 0 Å². The monoisotopic (exact) mass is 429 g/mol. The number of aliphatic imine (C=N–C) groups is 1. The van der Waals surface area contributed by atoms with Gasteiger partial charge in [-0.25, -0.2) is 0 Å². The normalized spacial score (nSPS) is 10.8. The third-order valence-corrected chi connectivity index (χ3v) is 3.19. The van der Waals surface area contributed by atoms with E-state index in [0.717, 1.165) is 36.0 Å². The molecule has 0 aliphatic carbocycles. The van der Waals surface area contributed by atoms with Gasteiger partial charge in [-0.05, 0) is 25.1 Å². The van der Waals surface area contributed by atoms with Gasteiger partial charge in [-0.1, -0.05) is 18.2 Å². The summed E-state index contributed by atoms with van der Waals surface area (Å²) in [5.74, 6) is 2.63. The van der Waals surface area contributed by atoms with Crippen LogP contribution in [0.25, 0.3) is 0 Å². The second-order valence-electron chi connectivity index (χ2n) is 4.72. The molecule has 0 saturated carbocycles. The van der Waals surface area contributed by atoms with Gasteiger partial charge in [-0.2, -0.15) is 0 Å². The van der Waals surface area contributed by atoms with Crippen LogP contribution in [0.15, 0.2) is 52.1 Å². The van der Waals surface area contributed by atoms with Gasteiger partial charge in [0.15, 0.2) is 5.96 Å². The van der Waals surface area contributed by atoms with Crippen molar-refractivity contribution in [1.82, 2.24) is 10.6 Å². The summed E-state index contributed by atoms with van der Waals surface area (Å²) in [7, 11) is 1.76. The van der Waals surface area contributed by atoms with E-state index in [-0.39, 0.29) is 24.0 Å². The lowest BCUT2D eigenvalue weighted by Gasteiger charge is -2.14. The fraction of sp³-hybridized carbons (Fsp3) is 0.353. The molecule has 1 aromatic heterocycles. The first-order chi connectivity index (χ1) is 10.8. The van der Waals surface area contributed by atoms with Crippen molar-refractivity contribution < 1.29 is 9.15 Å². The first kappa shape index (κ1) is 19.3. The van der Waals surface area contributed by atoms with Crippen LogP contribution in [-0.4, -0.2) is 26.2 Å². The summed E-state index contributed by atoms with van der Waals surface area (Å²) in [5, 5.41) is 6.56. The number of benzene rings is 1. The predicted octanol–water partition coefficient (Wildman–Crippen LogP) is 3.20. The number of ether oxygens (including phenoxy) is 1. The Morgan fingerprint density at radius 1 is 1.17 bits per heavy atom. The molecule has 0 bridgehead atoms. The highest BCUT2D eigenvalue weighted by atomic mass is 127. The number of halogens is 1. The van der Waals surface area contributed by atoms with E-state index in [1.54, 1.807) is 13.3 Å². The topological polar surface area (TPSA) is 58.8 Å². The van der Waals surface area contributed by atoms with Gasteiger partial charge in [0.1, 0.15) is 11.5 Å². The third-order valence-electron chi connectivity index (χ3n) is 3.19. The minimum Gasteiger partial charge on any atom is -0.494 e. The number of furan rings is 1. The fourth-order valence-electron chi connectivity index (χ4n) is 2.10. The van der Waals surface area contributed by atoms with Crippen molar-refractivity contribution in [3.63, 3.8) is 0 Å². The minimum absolute atomic E-state index is 0. The Morgan fingerprint density at radius 3 is 2.70 bits per heavy atom. The van der Waals surface area contributed by atoms with E-state index in [9.17, 15) is 0 Å². The summed E-state index contributed by atoms with van der Waals surface area (Å²) in [6.07, 6.45) is 2.51. The molecule has 0 radical (unpaired) electrons. The second-order valence-corrected chi connectivity index (χ2v) is 4.72. The summed E-state index contributed by atoms with van der Waals surface area (Å²) in [6.45, 7) is 4.07. The average molecular weight is 429 g/mol. The molecule has 1 aromatic carbocycles. The van der Waals surface area contributed by atoms with Crippen LogP contribution >= 0.6 is 24.0 Å².